The first-order valence-electron chi connectivity index (χ1n) is 8.94. The van der Waals surface area contributed by atoms with Gasteiger partial charge in [0.15, 0.2) is 6.29 Å². The molecule has 0 aromatic rings. The Kier molecular flexibility index (Phi) is 5.54. The Morgan fingerprint density at radius 1 is 1.09 bits per heavy atom. The second-order valence-corrected chi connectivity index (χ2v) is 7.02. The second-order valence-electron chi connectivity index (χ2n) is 7.02. The predicted molar refractivity (Wildman–Crippen MR) is 84.6 cm³/mol. The van der Waals surface area contributed by atoms with Gasteiger partial charge in [0.1, 0.15) is 6.04 Å². The summed E-state index contributed by atoms with van der Waals surface area (Å²) in [5.41, 5.74) is 0. The van der Waals surface area contributed by atoms with E-state index in [0.717, 1.165) is 45.1 Å². The number of ether oxygens (including phenoxy) is 2. The maximum Gasteiger partial charge on any atom is 0.245 e. The van der Waals surface area contributed by atoms with E-state index in [2.05, 4.69) is 5.32 Å². The van der Waals surface area contributed by atoms with Crippen LogP contribution in [0.4, 0.5) is 0 Å². The number of rotatable bonds is 4. The molecular weight excluding hydrogens is 296 g/mol. The van der Waals surface area contributed by atoms with E-state index in [-0.39, 0.29) is 36.0 Å². The van der Waals surface area contributed by atoms with Crippen LogP contribution in [-0.2, 0) is 19.1 Å². The number of piperidine rings is 1. The highest BCUT2D eigenvalue weighted by Crippen LogP contribution is 2.30. The molecule has 3 rings (SSSR count). The molecular formula is C17H28N2O4. The Morgan fingerprint density at radius 3 is 2.43 bits per heavy atom. The van der Waals surface area contributed by atoms with Crippen LogP contribution in [-0.4, -0.2) is 55.3 Å². The minimum atomic E-state index is -0.362. The topological polar surface area (TPSA) is 67.9 Å². The molecule has 2 saturated heterocycles. The largest absolute Gasteiger partial charge is 0.350 e. The molecule has 0 spiro atoms. The molecule has 2 aliphatic heterocycles. The third kappa shape index (κ3) is 4.04. The summed E-state index contributed by atoms with van der Waals surface area (Å²) in [4.78, 5) is 26.5. The zero-order chi connectivity index (χ0) is 16.2. The Hall–Kier alpha value is -1.14. The van der Waals surface area contributed by atoms with Crippen molar-refractivity contribution in [3.8, 4) is 0 Å². The molecule has 0 aromatic heterocycles. The van der Waals surface area contributed by atoms with Crippen molar-refractivity contribution in [3.63, 3.8) is 0 Å². The van der Waals surface area contributed by atoms with Gasteiger partial charge in [0, 0.05) is 25.9 Å². The smallest absolute Gasteiger partial charge is 0.245 e. The number of amides is 2. The summed E-state index contributed by atoms with van der Waals surface area (Å²) < 4.78 is 11.2. The molecule has 1 saturated carbocycles. The summed E-state index contributed by atoms with van der Waals surface area (Å²) in [6.45, 7) is 4.23. The van der Waals surface area contributed by atoms with E-state index in [4.69, 9.17) is 9.47 Å². The Morgan fingerprint density at radius 2 is 1.78 bits per heavy atom. The molecule has 2 amide bonds. The van der Waals surface area contributed by atoms with Crippen LogP contribution in [0.2, 0.25) is 0 Å². The molecule has 3 fully saturated rings. The highest BCUT2D eigenvalue weighted by molar-refractivity contribution is 5.87. The number of hydrogen-bond donors (Lipinski definition) is 1. The van der Waals surface area contributed by atoms with Gasteiger partial charge >= 0.3 is 0 Å². The molecule has 2 heterocycles. The summed E-state index contributed by atoms with van der Waals surface area (Å²) >= 11 is 0. The van der Waals surface area contributed by atoms with Gasteiger partial charge in [-0.05, 0) is 31.6 Å². The number of carbonyl (C=O) groups is 2. The summed E-state index contributed by atoms with van der Waals surface area (Å²) in [6, 6.07) is -0.362. The Balaban J connectivity index is 1.64. The summed E-state index contributed by atoms with van der Waals surface area (Å²) in [6.07, 6.45) is 6.20. The van der Waals surface area contributed by atoms with Crippen molar-refractivity contribution in [2.24, 2.45) is 11.8 Å². The molecule has 6 nitrogen and oxygen atoms in total. The van der Waals surface area contributed by atoms with E-state index in [1.54, 1.807) is 0 Å². The molecule has 0 radical (unpaired) electrons. The van der Waals surface area contributed by atoms with Crippen LogP contribution < -0.4 is 5.32 Å². The first kappa shape index (κ1) is 16.7. The number of carbonyl (C=O) groups excluding carboxylic acids is 2. The van der Waals surface area contributed by atoms with Crippen LogP contribution in [0, 0.1) is 11.8 Å². The highest BCUT2D eigenvalue weighted by atomic mass is 16.7. The Labute approximate surface area is 137 Å². The van der Waals surface area contributed by atoms with Gasteiger partial charge in [-0.25, -0.2) is 0 Å². The van der Waals surface area contributed by atoms with E-state index in [1.807, 2.05) is 4.90 Å². The van der Waals surface area contributed by atoms with Gasteiger partial charge in [0.05, 0.1) is 13.2 Å². The molecule has 2 unspecified atom stereocenters. The van der Waals surface area contributed by atoms with Crippen LogP contribution in [0.3, 0.4) is 0 Å². The van der Waals surface area contributed by atoms with Crippen LogP contribution in [0.1, 0.15) is 45.4 Å². The van der Waals surface area contributed by atoms with E-state index in [0.29, 0.717) is 19.8 Å². The van der Waals surface area contributed by atoms with Crippen molar-refractivity contribution >= 4 is 11.8 Å². The van der Waals surface area contributed by atoms with E-state index >= 15 is 0 Å². The molecule has 3 aliphatic rings. The summed E-state index contributed by atoms with van der Waals surface area (Å²) in [7, 11) is 0. The highest BCUT2D eigenvalue weighted by Gasteiger charge is 2.38. The quantitative estimate of drug-likeness (QED) is 0.846. The van der Waals surface area contributed by atoms with Gasteiger partial charge in [0.2, 0.25) is 11.8 Å². The van der Waals surface area contributed by atoms with Gasteiger partial charge < -0.3 is 19.7 Å². The molecule has 0 aromatic carbocycles. The Bertz CT molecular complexity index is 430. The maximum atomic E-state index is 13.0. The first-order valence-corrected chi connectivity index (χ1v) is 8.94. The average molecular weight is 324 g/mol. The van der Waals surface area contributed by atoms with Gasteiger partial charge in [0.25, 0.3) is 0 Å². The van der Waals surface area contributed by atoms with Crippen molar-refractivity contribution in [2.75, 3.05) is 26.3 Å². The monoisotopic (exact) mass is 324 g/mol. The fourth-order valence-corrected chi connectivity index (χ4v) is 4.17. The van der Waals surface area contributed by atoms with Crippen molar-refractivity contribution in [1.29, 1.82) is 0 Å². The lowest BCUT2D eigenvalue weighted by Gasteiger charge is -2.37. The van der Waals surface area contributed by atoms with Crippen molar-refractivity contribution in [3.05, 3.63) is 0 Å². The van der Waals surface area contributed by atoms with Crippen molar-refractivity contribution in [2.45, 2.75) is 57.8 Å². The fourth-order valence-electron chi connectivity index (χ4n) is 4.17. The van der Waals surface area contributed by atoms with Gasteiger partial charge in [-0.3, -0.25) is 9.59 Å². The molecule has 130 valence electrons. The van der Waals surface area contributed by atoms with Crippen molar-refractivity contribution < 1.29 is 19.1 Å². The molecule has 2 atom stereocenters. The normalized spacial score (nSPS) is 28.0. The number of nitrogens with zero attached hydrogens (tertiary/aromatic N) is 1. The first-order chi connectivity index (χ1) is 11.1. The van der Waals surface area contributed by atoms with Crippen LogP contribution in [0.5, 0.6) is 0 Å². The number of hydrogen-bond acceptors (Lipinski definition) is 4. The van der Waals surface area contributed by atoms with Gasteiger partial charge in [-0.1, -0.05) is 12.8 Å². The minimum Gasteiger partial charge on any atom is -0.350 e. The third-order valence-electron chi connectivity index (χ3n) is 5.30. The number of likely N-dealkylation sites (tertiary alicyclic amines) is 1. The van der Waals surface area contributed by atoms with Crippen LogP contribution in [0.25, 0.3) is 0 Å². The summed E-state index contributed by atoms with van der Waals surface area (Å²) in [5.74, 6) is 0.489. The van der Waals surface area contributed by atoms with E-state index in [9.17, 15) is 9.59 Å². The van der Waals surface area contributed by atoms with E-state index in [1.165, 1.54) is 6.92 Å². The zero-order valence-corrected chi connectivity index (χ0v) is 14.0. The SMILES string of the molecule is CC(=O)NC(C(=O)N1CCCC(C2OCCO2)C1)C1CCCC1. The molecule has 0 bridgehead atoms. The minimum absolute atomic E-state index is 0.0785. The second kappa shape index (κ2) is 7.62. The molecule has 1 N–H and O–H groups in total. The van der Waals surface area contributed by atoms with Crippen LogP contribution >= 0.6 is 0 Å². The lowest BCUT2D eigenvalue weighted by Crippen LogP contribution is -2.54. The van der Waals surface area contributed by atoms with Crippen LogP contribution in [0.15, 0.2) is 0 Å². The standard InChI is InChI=1S/C17H28N2O4/c1-12(20)18-15(13-5-2-3-6-13)16(21)19-8-4-7-14(11-19)17-22-9-10-23-17/h13-15,17H,2-11H2,1H3,(H,18,20). The molecule has 23 heavy (non-hydrogen) atoms. The molecule has 6 heteroatoms. The third-order valence-corrected chi connectivity index (χ3v) is 5.30. The zero-order valence-electron chi connectivity index (χ0n) is 14.0. The lowest BCUT2D eigenvalue weighted by molar-refractivity contribution is -0.144. The maximum absolute atomic E-state index is 13.0. The van der Waals surface area contributed by atoms with Gasteiger partial charge in [-0.2, -0.15) is 0 Å². The van der Waals surface area contributed by atoms with Crippen molar-refractivity contribution in [1.82, 2.24) is 10.2 Å². The predicted octanol–water partition coefficient (Wildman–Crippen LogP) is 1.29. The van der Waals surface area contributed by atoms with Gasteiger partial charge in [-0.15, -0.1) is 0 Å². The average Bonchev–Trinajstić information content (AvgIpc) is 3.25. The summed E-state index contributed by atoms with van der Waals surface area (Å²) in [5, 5.41) is 2.91. The van der Waals surface area contributed by atoms with E-state index < -0.39 is 0 Å². The lowest BCUT2D eigenvalue weighted by atomic mass is 9.93. The fraction of sp³-hybridized carbons (Fsp3) is 0.882. The number of nitrogens with one attached hydrogen (secondary N) is 1. The molecule has 1 aliphatic carbocycles.